The van der Waals surface area contributed by atoms with Gasteiger partial charge in [0.25, 0.3) is 0 Å². The van der Waals surface area contributed by atoms with Gasteiger partial charge in [0.2, 0.25) is 0 Å². The molecule has 0 saturated heterocycles. The lowest BCUT2D eigenvalue weighted by Crippen LogP contribution is -2.42. The predicted octanol–water partition coefficient (Wildman–Crippen LogP) is 3.95. The number of carbonyl (C=O) groups excluding carboxylic acids is 1. The number of hydrogen-bond acceptors (Lipinski definition) is 3. The molecule has 3 nitrogen and oxygen atoms in total. The summed E-state index contributed by atoms with van der Waals surface area (Å²) in [5.74, 6) is -1.37. The van der Waals surface area contributed by atoms with Crippen molar-refractivity contribution in [2.75, 3.05) is 13.2 Å². The summed E-state index contributed by atoms with van der Waals surface area (Å²) < 4.78 is 43.7. The maximum absolute atomic E-state index is 12.8. The zero-order valence-corrected chi connectivity index (χ0v) is 13.6. The molecule has 0 aliphatic carbocycles. The minimum Gasteiger partial charge on any atom is -0.492 e. The Morgan fingerprint density at radius 2 is 1.67 bits per heavy atom. The predicted molar refractivity (Wildman–Crippen MR) is 87.1 cm³/mol. The van der Waals surface area contributed by atoms with E-state index in [4.69, 9.17) is 4.74 Å². The summed E-state index contributed by atoms with van der Waals surface area (Å²) in [6, 6.07) is 15.3. The molecule has 2 aromatic carbocycles. The number of thiol groups is 1. The van der Waals surface area contributed by atoms with Crippen molar-refractivity contribution in [1.29, 1.82) is 0 Å². The smallest absolute Gasteiger partial charge is 0.471 e. The van der Waals surface area contributed by atoms with Crippen LogP contribution in [0.2, 0.25) is 0 Å². The van der Waals surface area contributed by atoms with Gasteiger partial charge in [0.1, 0.15) is 12.4 Å². The van der Waals surface area contributed by atoms with Gasteiger partial charge >= 0.3 is 12.1 Å². The molecule has 0 aliphatic rings. The van der Waals surface area contributed by atoms with E-state index in [0.717, 1.165) is 9.80 Å². The Balaban J connectivity index is 2.00. The van der Waals surface area contributed by atoms with Gasteiger partial charge in [-0.05, 0) is 29.8 Å². The molecule has 128 valence electrons. The van der Waals surface area contributed by atoms with Gasteiger partial charge in [-0.1, -0.05) is 30.3 Å². The lowest BCUT2D eigenvalue weighted by molar-refractivity contribution is -0.186. The van der Waals surface area contributed by atoms with E-state index >= 15 is 0 Å². The van der Waals surface area contributed by atoms with Gasteiger partial charge in [-0.25, -0.2) is 0 Å². The number of halogens is 3. The zero-order chi connectivity index (χ0) is 17.6. The van der Waals surface area contributed by atoms with Crippen molar-refractivity contribution >= 4 is 18.5 Å². The molecule has 7 heteroatoms. The van der Waals surface area contributed by atoms with Crippen LogP contribution in [0.15, 0.2) is 59.5 Å². The average Bonchev–Trinajstić information content (AvgIpc) is 2.55. The highest BCUT2D eigenvalue weighted by Crippen LogP contribution is 2.20. The fraction of sp³-hybridized carbons (Fsp3) is 0.235. The standard InChI is InChI=1S/C17H16F3NO2S/c18-17(19,20)16(22)21(12-13-4-2-1-3-5-13)10-11-23-14-6-8-15(24)9-7-14/h1-9,24H,10-12H2. The van der Waals surface area contributed by atoms with E-state index in [2.05, 4.69) is 12.6 Å². The molecule has 0 aromatic heterocycles. The Kier molecular flexibility index (Phi) is 6.14. The number of hydrogen-bond donors (Lipinski definition) is 1. The topological polar surface area (TPSA) is 29.5 Å². The van der Waals surface area contributed by atoms with Crippen LogP contribution in [0, 0.1) is 0 Å². The lowest BCUT2D eigenvalue weighted by Gasteiger charge is -2.24. The minimum atomic E-state index is -4.91. The van der Waals surface area contributed by atoms with E-state index in [1.807, 2.05) is 0 Å². The molecule has 2 aromatic rings. The number of nitrogens with zero attached hydrogens (tertiary/aromatic N) is 1. The molecule has 0 radical (unpaired) electrons. The van der Waals surface area contributed by atoms with E-state index in [-0.39, 0.29) is 19.7 Å². The van der Waals surface area contributed by atoms with Gasteiger partial charge in [-0.15, -0.1) is 12.6 Å². The normalized spacial score (nSPS) is 11.2. The van der Waals surface area contributed by atoms with E-state index < -0.39 is 12.1 Å². The quantitative estimate of drug-likeness (QED) is 0.796. The Hall–Kier alpha value is -2.15. The Labute approximate surface area is 143 Å². The Bertz CT molecular complexity index is 660. The molecule has 1 amide bonds. The first kappa shape index (κ1) is 18.2. The highest BCUT2D eigenvalue weighted by Gasteiger charge is 2.42. The van der Waals surface area contributed by atoms with E-state index in [1.165, 1.54) is 0 Å². The Morgan fingerprint density at radius 3 is 2.25 bits per heavy atom. The largest absolute Gasteiger partial charge is 0.492 e. The van der Waals surface area contributed by atoms with Crippen LogP contribution in [0.4, 0.5) is 13.2 Å². The summed E-state index contributed by atoms with van der Waals surface area (Å²) >= 11 is 4.14. The second kappa shape index (κ2) is 8.10. The number of rotatable bonds is 6. The molecule has 0 fully saturated rings. The Morgan fingerprint density at radius 1 is 1.04 bits per heavy atom. The molecule has 0 atom stereocenters. The van der Waals surface area contributed by atoms with Crippen LogP contribution >= 0.6 is 12.6 Å². The zero-order valence-electron chi connectivity index (χ0n) is 12.7. The van der Waals surface area contributed by atoms with Gasteiger partial charge in [-0.2, -0.15) is 13.2 Å². The first-order valence-corrected chi connectivity index (χ1v) is 7.63. The molecule has 0 heterocycles. The molecular formula is C17H16F3NO2S. The van der Waals surface area contributed by atoms with E-state index in [9.17, 15) is 18.0 Å². The van der Waals surface area contributed by atoms with E-state index in [0.29, 0.717) is 11.3 Å². The highest BCUT2D eigenvalue weighted by molar-refractivity contribution is 7.80. The van der Waals surface area contributed by atoms with Crippen LogP contribution in [-0.2, 0) is 11.3 Å². The average molecular weight is 355 g/mol. The van der Waals surface area contributed by atoms with Crippen molar-refractivity contribution in [3.63, 3.8) is 0 Å². The molecule has 24 heavy (non-hydrogen) atoms. The van der Waals surface area contributed by atoms with Crippen molar-refractivity contribution in [3.8, 4) is 5.75 Å². The van der Waals surface area contributed by atoms with Crippen molar-refractivity contribution in [2.24, 2.45) is 0 Å². The summed E-state index contributed by atoms with van der Waals surface area (Å²) in [5, 5.41) is 0. The monoisotopic (exact) mass is 355 g/mol. The van der Waals surface area contributed by atoms with Crippen LogP contribution in [0.5, 0.6) is 5.75 Å². The maximum atomic E-state index is 12.8. The third-order valence-corrected chi connectivity index (χ3v) is 3.51. The first-order valence-electron chi connectivity index (χ1n) is 7.18. The molecule has 0 unspecified atom stereocenters. The molecule has 2 rings (SSSR count). The summed E-state index contributed by atoms with van der Waals surface area (Å²) in [4.78, 5) is 13.1. The first-order chi connectivity index (χ1) is 11.4. The molecule has 0 saturated carbocycles. The second-order valence-corrected chi connectivity index (χ2v) is 5.57. The fourth-order valence-electron chi connectivity index (χ4n) is 2.05. The SMILES string of the molecule is O=C(N(CCOc1ccc(S)cc1)Cc1ccccc1)C(F)(F)F. The summed E-state index contributed by atoms with van der Waals surface area (Å²) in [7, 11) is 0. The highest BCUT2D eigenvalue weighted by atomic mass is 32.1. The van der Waals surface area contributed by atoms with Gasteiger partial charge in [0.15, 0.2) is 0 Å². The van der Waals surface area contributed by atoms with Gasteiger partial charge < -0.3 is 9.64 Å². The molecule has 0 N–H and O–H groups in total. The van der Waals surface area contributed by atoms with E-state index in [1.54, 1.807) is 54.6 Å². The van der Waals surface area contributed by atoms with Crippen LogP contribution in [0.1, 0.15) is 5.56 Å². The fourth-order valence-corrected chi connectivity index (χ4v) is 2.20. The third kappa shape index (κ3) is 5.49. The molecule has 0 spiro atoms. The summed E-state index contributed by atoms with van der Waals surface area (Å²) in [6.45, 7) is -0.339. The van der Waals surface area contributed by atoms with Crippen LogP contribution in [0.3, 0.4) is 0 Å². The number of amides is 1. The van der Waals surface area contributed by atoms with Gasteiger partial charge in [-0.3, -0.25) is 4.79 Å². The minimum absolute atomic E-state index is 0.0411. The third-order valence-electron chi connectivity index (χ3n) is 3.21. The molecular weight excluding hydrogens is 339 g/mol. The second-order valence-electron chi connectivity index (χ2n) is 5.05. The number of carbonyl (C=O) groups is 1. The van der Waals surface area contributed by atoms with Gasteiger partial charge in [0.05, 0.1) is 6.54 Å². The van der Waals surface area contributed by atoms with Crippen LogP contribution < -0.4 is 4.74 Å². The van der Waals surface area contributed by atoms with Crippen molar-refractivity contribution in [3.05, 3.63) is 60.2 Å². The van der Waals surface area contributed by atoms with Crippen molar-refractivity contribution < 1.29 is 22.7 Å². The maximum Gasteiger partial charge on any atom is 0.471 e. The molecule has 0 bridgehead atoms. The van der Waals surface area contributed by atoms with Crippen molar-refractivity contribution in [2.45, 2.75) is 17.6 Å². The van der Waals surface area contributed by atoms with Gasteiger partial charge in [0, 0.05) is 11.4 Å². The lowest BCUT2D eigenvalue weighted by atomic mass is 10.2. The number of benzene rings is 2. The summed E-state index contributed by atoms with van der Waals surface area (Å²) in [5.41, 5.74) is 0.620. The van der Waals surface area contributed by atoms with Crippen LogP contribution in [0.25, 0.3) is 0 Å². The number of ether oxygens (including phenoxy) is 1. The molecule has 0 aliphatic heterocycles. The number of alkyl halides is 3. The summed E-state index contributed by atoms with van der Waals surface area (Å²) in [6.07, 6.45) is -4.91. The van der Waals surface area contributed by atoms with Crippen molar-refractivity contribution in [1.82, 2.24) is 4.90 Å². The van der Waals surface area contributed by atoms with Crippen LogP contribution in [-0.4, -0.2) is 30.1 Å².